The maximum atomic E-state index is 5.29. The summed E-state index contributed by atoms with van der Waals surface area (Å²) in [4.78, 5) is 9.28. The first kappa shape index (κ1) is 12.6. The number of hydrogen-bond donors (Lipinski definition) is 1. The molecule has 5 nitrogen and oxygen atoms in total. The summed E-state index contributed by atoms with van der Waals surface area (Å²) in [5, 5.41) is 3.40. The van der Waals surface area contributed by atoms with Gasteiger partial charge in [0.25, 0.3) is 0 Å². The van der Waals surface area contributed by atoms with Gasteiger partial charge in [0.05, 0.1) is 0 Å². The van der Waals surface area contributed by atoms with Crippen LogP contribution in [0.1, 0.15) is 30.3 Å². The van der Waals surface area contributed by atoms with Gasteiger partial charge < -0.3 is 14.6 Å². The first-order valence-electron chi connectivity index (χ1n) is 6.82. The summed E-state index contributed by atoms with van der Waals surface area (Å²) in [6.07, 6.45) is 4.16. The number of rotatable bonds is 3. The highest BCUT2D eigenvalue weighted by Crippen LogP contribution is 2.26. The van der Waals surface area contributed by atoms with E-state index in [1.165, 1.54) is 0 Å². The SMILES string of the molecule is COCc1nc2cc(C)cnc2n1C1CCNCC1. The Morgan fingerprint density at radius 2 is 2.21 bits per heavy atom. The standard InChI is InChI=1S/C14H20N4O/c1-10-7-12-14(16-8-10)18(13(17-12)9-19-2)11-3-5-15-6-4-11/h7-8,11,15H,3-6,9H2,1-2H3. The number of fused-ring (bicyclic) bond motifs is 1. The molecule has 3 heterocycles. The molecule has 1 fully saturated rings. The predicted octanol–water partition coefficient (Wildman–Crippen LogP) is 1.81. The van der Waals surface area contributed by atoms with Crippen LogP contribution in [-0.4, -0.2) is 34.7 Å². The molecule has 0 bridgehead atoms. The number of aryl methyl sites for hydroxylation is 1. The number of aromatic nitrogens is 3. The van der Waals surface area contributed by atoms with Crippen molar-refractivity contribution in [1.29, 1.82) is 0 Å². The summed E-state index contributed by atoms with van der Waals surface area (Å²) in [6.45, 7) is 4.70. The number of hydrogen-bond acceptors (Lipinski definition) is 4. The Morgan fingerprint density at radius 3 is 2.95 bits per heavy atom. The third-order valence-corrected chi connectivity index (χ3v) is 3.69. The third-order valence-electron chi connectivity index (χ3n) is 3.69. The van der Waals surface area contributed by atoms with Gasteiger partial charge in [-0.15, -0.1) is 0 Å². The van der Waals surface area contributed by atoms with Crippen LogP contribution >= 0.6 is 0 Å². The molecule has 0 spiro atoms. The molecule has 0 aliphatic carbocycles. The van der Waals surface area contributed by atoms with Gasteiger partial charge in [-0.3, -0.25) is 0 Å². The minimum atomic E-state index is 0.478. The second-order valence-corrected chi connectivity index (χ2v) is 5.17. The van der Waals surface area contributed by atoms with E-state index in [-0.39, 0.29) is 0 Å². The molecule has 102 valence electrons. The number of nitrogens with one attached hydrogen (secondary N) is 1. The highest BCUT2D eigenvalue weighted by atomic mass is 16.5. The lowest BCUT2D eigenvalue weighted by atomic mass is 10.1. The molecule has 0 atom stereocenters. The lowest BCUT2D eigenvalue weighted by molar-refractivity contribution is 0.171. The van der Waals surface area contributed by atoms with Crippen molar-refractivity contribution >= 4 is 11.2 Å². The average Bonchev–Trinajstić information content (AvgIpc) is 2.77. The fraction of sp³-hybridized carbons (Fsp3) is 0.571. The largest absolute Gasteiger partial charge is 0.377 e. The molecule has 1 aliphatic heterocycles. The van der Waals surface area contributed by atoms with E-state index in [2.05, 4.69) is 20.9 Å². The minimum absolute atomic E-state index is 0.478. The van der Waals surface area contributed by atoms with E-state index in [4.69, 9.17) is 9.72 Å². The molecule has 0 aromatic carbocycles. The zero-order valence-electron chi connectivity index (χ0n) is 11.5. The molecule has 1 aliphatic rings. The fourth-order valence-corrected chi connectivity index (χ4v) is 2.81. The Balaban J connectivity index is 2.09. The van der Waals surface area contributed by atoms with Crippen LogP contribution in [0.2, 0.25) is 0 Å². The zero-order valence-corrected chi connectivity index (χ0v) is 11.5. The van der Waals surface area contributed by atoms with Crippen molar-refractivity contribution < 1.29 is 4.74 Å². The lowest BCUT2D eigenvalue weighted by Crippen LogP contribution is -2.30. The molecular weight excluding hydrogens is 240 g/mol. The Bertz CT molecular complexity index is 572. The van der Waals surface area contributed by atoms with Crippen molar-refractivity contribution in [3.63, 3.8) is 0 Å². The van der Waals surface area contributed by atoms with Gasteiger partial charge in [0, 0.05) is 19.3 Å². The zero-order chi connectivity index (χ0) is 13.2. The van der Waals surface area contributed by atoms with Gasteiger partial charge in [0.2, 0.25) is 0 Å². The van der Waals surface area contributed by atoms with E-state index in [1.54, 1.807) is 7.11 Å². The fourth-order valence-electron chi connectivity index (χ4n) is 2.81. The molecular formula is C14H20N4O. The summed E-state index contributed by atoms with van der Waals surface area (Å²) in [6, 6.07) is 2.57. The van der Waals surface area contributed by atoms with Crippen LogP contribution in [0.5, 0.6) is 0 Å². The van der Waals surface area contributed by atoms with Crippen LogP contribution in [0.25, 0.3) is 11.2 Å². The Morgan fingerprint density at radius 1 is 1.42 bits per heavy atom. The summed E-state index contributed by atoms with van der Waals surface area (Å²) >= 11 is 0. The molecule has 2 aromatic heterocycles. The van der Waals surface area contributed by atoms with Crippen molar-refractivity contribution in [3.05, 3.63) is 23.7 Å². The number of imidazole rings is 1. The van der Waals surface area contributed by atoms with E-state index in [0.717, 1.165) is 48.5 Å². The van der Waals surface area contributed by atoms with Gasteiger partial charge in [-0.2, -0.15) is 0 Å². The highest BCUT2D eigenvalue weighted by molar-refractivity contribution is 5.72. The van der Waals surface area contributed by atoms with E-state index in [9.17, 15) is 0 Å². The molecule has 0 unspecified atom stereocenters. The van der Waals surface area contributed by atoms with E-state index < -0.39 is 0 Å². The third kappa shape index (κ3) is 2.35. The second kappa shape index (κ2) is 5.27. The molecule has 3 rings (SSSR count). The summed E-state index contributed by atoms with van der Waals surface area (Å²) in [5.74, 6) is 0.988. The van der Waals surface area contributed by atoms with Crippen molar-refractivity contribution in [2.24, 2.45) is 0 Å². The molecule has 1 N–H and O–H groups in total. The molecule has 5 heteroatoms. The van der Waals surface area contributed by atoms with Crippen LogP contribution in [0, 0.1) is 6.92 Å². The monoisotopic (exact) mass is 260 g/mol. The highest BCUT2D eigenvalue weighted by Gasteiger charge is 2.21. The van der Waals surface area contributed by atoms with Crippen LogP contribution in [0.3, 0.4) is 0 Å². The Hall–Kier alpha value is -1.46. The van der Waals surface area contributed by atoms with E-state index in [1.807, 2.05) is 13.1 Å². The maximum absolute atomic E-state index is 5.29. The summed E-state index contributed by atoms with van der Waals surface area (Å²) in [7, 11) is 1.71. The van der Waals surface area contributed by atoms with Crippen molar-refractivity contribution in [3.8, 4) is 0 Å². The number of pyridine rings is 1. The van der Waals surface area contributed by atoms with Gasteiger partial charge in [-0.1, -0.05) is 0 Å². The van der Waals surface area contributed by atoms with Crippen molar-refractivity contribution in [2.45, 2.75) is 32.4 Å². The maximum Gasteiger partial charge on any atom is 0.160 e. The van der Waals surface area contributed by atoms with E-state index >= 15 is 0 Å². The van der Waals surface area contributed by atoms with Crippen LogP contribution < -0.4 is 5.32 Å². The predicted molar refractivity (Wildman–Crippen MR) is 74.1 cm³/mol. The molecule has 2 aromatic rings. The summed E-state index contributed by atoms with van der Waals surface area (Å²) in [5.41, 5.74) is 3.11. The lowest BCUT2D eigenvalue weighted by Gasteiger charge is -2.25. The number of ether oxygens (including phenoxy) is 1. The Kier molecular flexibility index (Phi) is 3.48. The van der Waals surface area contributed by atoms with Crippen LogP contribution in [-0.2, 0) is 11.3 Å². The molecule has 1 saturated heterocycles. The molecule has 19 heavy (non-hydrogen) atoms. The van der Waals surface area contributed by atoms with Crippen molar-refractivity contribution in [1.82, 2.24) is 19.9 Å². The van der Waals surface area contributed by atoms with Gasteiger partial charge in [-0.05, 0) is 44.5 Å². The number of methoxy groups -OCH3 is 1. The van der Waals surface area contributed by atoms with Gasteiger partial charge in [0.15, 0.2) is 5.65 Å². The molecule has 0 saturated carbocycles. The minimum Gasteiger partial charge on any atom is -0.377 e. The first-order chi connectivity index (χ1) is 9.29. The van der Waals surface area contributed by atoms with Gasteiger partial charge >= 0.3 is 0 Å². The van der Waals surface area contributed by atoms with Gasteiger partial charge in [0.1, 0.15) is 17.9 Å². The summed E-state index contributed by atoms with van der Waals surface area (Å²) < 4.78 is 7.57. The topological polar surface area (TPSA) is 52.0 Å². The quantitative estimate of drug-likeness (QED) is 0.914. The number of piperidine rings is 1. The number of nitrogens with zero attached hydrogens (tertiary/aromatic N) is 3. The average molecular weight is 260 g/mol. The molecule has 0 radical (unpaired) electrons. The Labute approximate surface area is 113 Å². The first-order valence-corrected chi connectivity index (χ1v) is 6.82. The van der Waals surface area contributed by atoms with Gasteiger partial charge in [-0.25, -0.2) is 9.97 Å². The molecule has 0 amide bonds. The van der Waals surface area contributed by atoms with E-state index in [0.29, 0.717) is 12.6 Å². The smallest absolute Gasteiger partial charge is 0.160 e. The van der Waals surface area contributed by atoms with Crippen LogP contribution in [0.4, 0.5) is 0 Å². The van der Waals surface area contributed by atoms with Crippen LogP contribution in [0.15, 0.2) is 12.3 Å². The second-order valence-electron chi connectivity index (χ2n) is 5.17. The normalized spacial score (nSPS) is 17.2. The van der Waals surface area contributed by atoms with Crippen molar-refractivity contribution in [2.75, 3.05) is 20.2 Å².